The maximum atomic E-state index is 11.6. The summed E-state index contributed by atoms with van der Waals surface area (Å²) < 4.78 is 0. The number of hydrogen-bond donors (Lipinski definition) is 3. The summed E-state index contributed by atoms with van der Waals surface area (Å²) in [5.74, 6) is 1.08. The predicted octanol–water partition coefficient (Wildman–Crippen LogP) is 0.0469. The first-order valence-electron chi connectivity index (χ1n) is 9.85. The van der Waals surface area contributed by atoms with Crippen LogP contribution in [0.25, 0.3) is 11.1 Å². The van der Waals surface area contributed by atoms with E-state index in [2.05, 4.69) is 43.3 Å². The van der Waals surface area contributed by atoms with Crippen LogP contribution < -0.4 is 62.0 Å². The predicted molar refractivity (Wildman–Crippen MR) is 122 cm³/mol. The van der Waals surface area contributed by atoms with Gasteiger partial charge in [0.2, 0.25) is 12.3 Å². The van der Waals surface area contributed by atoms with Crippen molar-refractivity contribution in [3.63, 3.8) is 0 Å². The Morgan fingerprint density at radius 2 is 2.13 bits per heavy atom. The zero-order valence-electron chi connectivity index (χ0n) is 19.3. The van der Waals surface area contributed by atoms with Crippen LogP contribution in [0.15, 0.2) is 24.0 Å². The molecule has 0 aliphatic carbocycles. The summed E-state index contributed by atoms with van der Waals surface area (Å²) >= 11 is 1.76. The Kier molecular flexibility index (Phi) is 14.4. The minimum atomic E-state index is -0.302. The number of nitrogens with zero attached hydrogens (tertiary/aromatic N) is 2. The summed E-state index contributed by atoms with van der Waals surface area (Å²) in [5.41, 5.74) is 3.22. The summed E-state index contributed by atoms with van der Waals surface area (Å²) in [6.07, 6.45) is 3.49. The Balaban J connectivity index is 0.000000557. The second kappa shape index (κ2) is 14.6. The number of likely N-dealkylation sites (tertiary alicyclic amines) is 1. The third kappa shape index (κ3) is 10.8. The van der Waals surface area contributed by atoms with Crippen molar-refractivity contribution in [2.45, 2.75) is 53.2 Å². The van der Waals surface area contributed by atoms with E-state index in [9.17, 15) is 14.7 Å². The zero-order valence-corrected chi connectivity index (χ0v) is 23.2. The van der Waals surface area contributed by atoms with Crippen molar-refractivity contribution in [2.75, 3.05) is 19.0 Å². The summed E-state index contributed by atoms with van der Waals surface area (Å²) in [5, 5.41) is 15.1. The van der Waals surface area contributed by atoms with Crippen molar-refractivity contribution in [3.8, 4) is 0 Å². The molecule has 168 valence electrons. The van der Waals surface area contributed by atoms with Crippen LogP contribution in [0, 0.1) is 5.41 Å². The Labute approximate surface area is 232 Å². The zero-order chi connectivity index (χ0) is 21.4. The minimum Gasteiger partial charge on any atom is -0.693 e. The van der Waals surface area contributed by atoms with Gasteiger partial charge in [-0.05, 0) is 30.4 Å². The molecule has 1 fully saturated rings. The SMILES string of the molecule is CC(C)(C)CC(=O)N1CCC(O)C1.CC1=C(c2ccc(CNC=O)cn2)SCN1.[K+].[NH2-]. The average molecular weight is 476 g/mol. The monoisotopic (exact) mass is 475 g/mol. The summed E-state index contributed by atoms with van der Waals surface area (Å²) in [6, 6.07) is 3.97. The van der Waals surface area contributed by atoms with Gasteiger partial charge in [0.05, 0.1) is 22.6 Å². The van der Waals surface area contributed by atoms with Crippen LogP contribution >= 0.6 is 11.8 Å². The molecular weight excluding hydrogens is 441 g/mol. The van der Waals surface area contributed by atoms with Gasteiger partial charge in [0.15, 0.2) is 0 Å². The average Bonchev–Trinajstić information content (AvgIpc) is 3.28. The third-order valence-electron chi connectivity index (χ3n) is 4.54. The molecule has 3 heterocycles. The van der Waals surface area contributed by atoms with Crippen molar-refractivity contribution in [1.29, 1.82) is 0 Å². The Morgan fingerprint density at radius 3 is 2.58 bits per heavy atom. The number of nitrogens with one attached hydrogen (secondary N) is 2. The number of allylic oxidation sites excluding steroid dienone is 1. The molecule has 0 spiro atoms. The maximum Gasteiger partial charge on any atom is 1.00 e. The fourth-order valence-corrected chi connectivity index (χ4v) is 4.02. The quantitative estimate of drug-likeness (QED) is 0.408. The van der Waals surface area contributed by atoms with Crippen LogP contribution in [0.1, 0.15) is 51.8 Å². The number of amides is 2. The molecule has 0 radical (unpaired) electrons. The second-order valence-electron chi connectivity index (χ2n) is 8.49. The fourth-order valence-electron chi connectivity index (χ4n) is 3.03. The van der Waals surface area contributed by atoms with E-state index >= 15 is 0 Å². The van der Waals surface area contributed by atoms with E-state index in [-0.39, 0.29) is 75.0 Å². The van der Waals surface area contributed by atoms with Gasteiger partial charge in [-0.1, -0.05) is 26.8 Å². The van der Waals surface area contributed by atoms with Crippen LogP contribution in [-0.2, 0) is 16.1 Å². The van der Waals surface area contributed by atoms with Gasteiger partial charge in [0.1, 0.15) is 0 Å². The molecule has 2 aliphatic heterocycles. The van der Waals surface area contributed by atoms with Crippen LogP contribution in [0.4, 0.5) is 0 Å². The molecule has 2 amide bonds. The second-order valence-corrected chi connectivity index (χ2v) is 9.48. The largest absolute Gasteiger partial charge is 1.00 e. The molecule has 1 aromatic rings. The Hall–Kier alpha value is -0.464. The number of nitrogens with two attached hydrogens (primary N) is 1. The van der Waals surface area contributed by atoms with Gasteiger partial charge < -0.3 is 26.8 Å². The van der Waals surface area contributed by atoms with E-state index in [0.717, 1.165) is 30.1 Å². The molecule has 0 bridgehead atoms. The Bertz CT molecular complexity index is 738. The van der Waals surface area contributed by atoms with Gasteiger partial charge in [-0.2, -0.15) is 0 Å². The molecule has 3 rings (SSSR count). The number of hydrogen-bond acceptors (Lipinski definition) is 6. The standard InChI is InChI=1S/C11H13N3OS.C10H19NO2.K.H2N/c1-8-11(16-7-14-8)10-3-2-9(5-13-10)4-12-6-15;1-10(2,3)6-9(13)11-5-4-8(12)7-11;;/h2-3,5-6,14H,4,7H2,1H3,(H,12,15);8,12H,4-7H2,1-3H3;;1H2/q;;+1;-1. The van der Waals surface area contributed by atoms with Crippen LogP contribution in [0.5, 0.6) is 0 Å². The molecule has 0 saturated carbocycles. The van der Waals surface area contributed by atoms with E-state index < -0.39 is 0 Å². The molecule has 1 saturated heterocycles. The van der Waals surface area contributed by atoms with Crippen LogP contribution in [0.2, 0.25) is 0 Å². The number of carbonyl (C=O) groups excluding carboxylic acids is 2. The third-order valence-corrected chi connectivity index (χ3v) is 5.63. The topological polar surface area (TPSA) is 128 Å². The molecule has 31 heavy (non-hydrogen) atoms. The Morgan fingerprint density at radius 1 is 1.42 bits per heavy atom. The molecule has 0 aromatic carbocycles. The molecule has 1 unspecified atom stereocenters. The number of pyridine rings is 1. The van der Waals surface area contributed by atoms with Crippen molar-refractivity contribution in [3.05, 3.63) is 41.4 Å². The van der Waals surface area contributed by atoms with E-state index in [1.54, 1.807) is 22.9 Å². The normalized spacial score (nSPS) is 17.6. The van der Waals surface area contributed by atoms with Crippen LogP contribution in [-0.4, -0.2) is 52.4 Å². The fraction of sp³-hybridized carbons (Fsp3) is 0.571. The molecule has 5 N–H and O–H groups in total. The first-order chi connectivity index (χ1) is 13.7. The van der Waals surface area contributed by atoms with Gasteiger partial charge in [0, 0.05) is 37.9 Å². The number of aliphatic hydroxyl groups excluding tert-OH is 1. The van der Waals surface area contributed by atoms with Gasteiger partial charge >= 0.3 is 51.4 Å². The van der Waals surface area contributed by atoms with Gasteiger partial charge in [-0.3, -0.25) is 14.6 Å². The number of aromatic nitrogens is 1. The van der Waals surface area contributed by atoms with Gasteiger partial charge in [-0.25, -0.2) is 0 Å². The number of thioether (sulfide) groups is 1. The van der Waals surface area contributed by atoms with Crippen LogP contribution in [0.3, 0.4) is 0 Å². The van der Waals surface area contributed by atoms with E-state index in [4.69, 9.17) is 0 Å². The van der Waals surface area contributed by atoms with Crippen molar-refractivity contribution < 1.29 is 66.1 Å². The van der Waals surface area contributed by atoms with Gasteiger partial charge in [-0.15, -0.1) is 11.8 Å². The summed E-state index contributed by atoms with van der Waals surface area (Å²) in [6.45, 7) is 9.98. The molecule has 8 nitrogen and oxygen atoms in total. The van der Waals surface area contributed by atoms with Crippen molar-refractivity contribution in [2.24, 2.45) is 5.41 Å². The molecule has 2 aliphatic rings. The summed E-state index contributed by atoms with van der Waals surface area (Å²) in [4.78, 5) is 29.1. The minimum absolute atomic E-state index is 0. The van der Waals surface area contributed by atoms with Crippen molar-refractivity contribution >= 4 is 29.0 Å². The van der Waals surface area contributed by atoms with E-state index in [1.807, 2.05) is 12.1 Å². The first kappa shape index (κ1) is 30.5. The molecule has 1 atom stereocenters. The van der Waals surface area contributed by atoms with Crippen molar-refractivity contribution in [1.82, 2.24) is 20.5 Å². The smallest absolute Gasteiger partial charge is 0.693 e. The van der Waals surface area contributed by atoms with E-state index in [0.29, 0.717) is 25.9 Å². The molecule has 1 aromatic heterocycles. The number of aliphatic hydroxyl groups is 1. The number of carbonyl (C=O) groups is 2. The van der Waals surface area contributed by atoms with E-state index in [1.165, 1.54) is 10.6 Å². The number of rotatable bonds is 5. The summed E-state index contributed by atoms with van der Waals surface area (Å²) in [7, 11) is 0. The number of β-amino-alcohol motifs (C(OH)–C–C–N with tert-alkyl or cyclic N) is 1. The molecular formula is C21H34KN5O3S. The molecule has 10 heteroatoms. The maximum absolute atomic E-state index is 11.6. The first-order valence-corrected chi connectivity index (χ1v) is 10.8. The van der Waals surface area contributed by atoms with Gasteiger partial charge in [0.25, 0.3) is 0 Å².